The Morgan fingerprint density at radius 3 is 2.41 bits per heavy atom. The van der Waals surface area contributed by atoms with Crippen molar-refractivity contribution in [2.45, 2.75) is 33.2 Å². The highest BCUT2D eigenvalue weighted by Crippen LogP contribution is 2.12. The largest absolute Gasteiger partial charge is 0.480 e. The van der Waals surface area contributed by atoms with Crippen molar-refractivity contribution in [2.75, 3.05) is 13.1 Å². The second-order valence-corrected chi connectivity index (χ2v) is 4.51. The van der Waals surface area contributed by atoms with Gasteiger partial charge in [-0.2, -0.15) is 0 Å². The van der Waals surface area contributed by atoms with Crippen LogP contribution in [0, 0.1) is 5.92 Å². The van der Waals surface area contributed by atoms with E-state index in [1.807, 2.05) is 13.8 Å². The number of nitrogens with one attached hydrogen (secondary N) is 2. The first-order valence-corrected chi connectivity index (χ1v) is 5.90. The lowest BCUT2D eigenvalue weighted by atomic mass is 9.98. The molecule has 1 fully saturated rings. The first-order valence-electron chi connectivity index (χ1n) is 5.90. The number of aliphatic carboxylic acids is 1. The zero-order chi connectivity index (χ0) is 13.0. The predicted octanol–water partition coefficient (Wildman–Crippen LogP) is 0.522. The molecule has 0 aromatic heterocycles. The summed E-state index contributed by atoms with van der Waals surface area (Å²) in [7, 11) is 0. The number of hydrogen-bond donors (Lipinski definition) is 3. The van der Waals surface area contributed by atoms with Crippen LogP contribution in [0.2, 0.25) is 0 Å². The summed E-state index contributed by atoms with van der Waals surface area (Å²) in [5.74, 6) is -1.32. The molecule has 2 unspecified atom stereocenters. The van der Waals surface area contributed by atoms with Gasteiger partial charge in [-0.05, 0) is 18.4 Å². The van der Waals surface area contributed by atoms with Crippen molar-refractivity contribution in [1.29, 1.82) is 0 Å². The van der Waals surface area contributed by atoms with Gasteiger partial charge in [-0.25, -0.2) is 4.79 Å². The number of rotatable bonds is 5. The minimum Gasteiger partial charge on any atom is -0.480 e. The lowest BCUT2D eigenvalue weighted by Crippen LogP contribution is -2.46. The van der Waals surface area contributed by atoms with E-state index >= 15 is 0 Å². The zero-order valence-corrected chi connectivity index (χ0v) is 10.5. The Morgan fingerprint density at radius 1 is 1.47 bits per heavy atom. The van der Waals surface area contributed by atoms with Crippen molar-refractivity contribution in [3.05, 3.63) is 11.1 Å². The molecule has 17 heavy (non-hydrogen) atoms. The quantitative estimate of drug-likeness (QED) is 0.612. The van der Waals surface area contributed by atoms with Gasteiger partial charge in [0, 0.05) is 18.7 Å². The van der Waals surface area contributed by atoms with Gasteiger partial charge in [0.15, 0.2) is 0 Å². The summed E-state index contributed by atoms with van der Waals surface area (Å²) in [6, 6.07) is -0.809. The van der Waals surface area contributed by atoms with Crippen LogP contribution in [-0.2, 0) is 9.59 Å². The van der Waals surface area contributed by atoms with Crippen LogP contribution in [0.3, 0.4) is 0 Å². The van der Waals surface area contributed by atoms with Crippen LogP contribution in [-0.4, -0.2) is 36.1 Å². The van der Waals surface area contributed by atoms with E-state index in [0.29, 0.717) is 12.0 Å². The summed E-state index contributed by atoms with van der Waals surface area (Å²) >= 11 is 0. The highest BCUT2D eigenvalue weighted by atomic mass is 16.4. The molecular weight excluding hydrogens is 220 g/mol. The Balaban J connectivity index is 2.67. The van der Waals surface area contributed by atoms with E-state index in [0.717, 1.165) is 18.7 Å². The van der Waals surface area contributed by atoms with Crippen LogP contribution in [0.15, 0.2) is 11.1 Å². The number of carboxylic acid groups (broad SMARTS) is 1. The third-order valence-electron chi connectivity index (χ3n) is 3.31. The Morgan fingerprint density at radius 2 is 2.06 bits per heavy atom. The van der Waals surface area contributed by atoms with E-state index in [2.05, 4.69) is 10.6 Å². The molecule has 0 spiro atoms. The Labute approximate surface area is 101 Å². The molecule has 0 saturated carbocycles. The van der Waals surface area contributed by atoms with E-state index in [-0.39, 0.29) is 11.8 Å². The SMILES string of the molecule is CCC(C)C(NC(=O)C(C)=C1CNC1)C(=O)O. The van der Waals surface area contributed by atoms with Gasteiger partial charge in [-0.15, -0.1) is 0 Å². The molecule has 0 radical (unpaired) electrons. The van der Waals surface area contributed by atoms with Gasteiger partial charge in [0.25, 0.3) is 0 Å². The van der Waals surface area contributed by atoms with Gasteiger partial charge < -0.3 is 15.7 Å². The molecule has 0 aromatic rings. The summed E-state index contributed by atoms with van der Waals surface area (Å²) in [5.41, 5.74) is 1.69. The molecule has 5 nitrogen and oxygen atoms in total. The van der Waals surface area contributed by atoms with Crippen molar-refractivity contribution in [3.8, 4) is 0 Å². The van der Waals surface area contributed by atoms with Crippen LogP contribution in [0.4, 0.5) is 0 Å². The fourth-order valence-corrected chi connectivity index (χ4v) is 1.61. The Hall–Kier alpha value is -1.36. The molecule has 1 aliphatic heterocycles. The molecule has 0 aromatic carbocycles. The fraction of sp³-hybridized carbons (Fsp3) is 0.667. The third kappa shape index (κ3) is 3.30. The van der Waals surface area contributed by atoms with Gasteiger partial charge in [0.1, 0.15) is 6.04 Å². The van der Waals surface area contributed by atoms with Gasteiger partial charge in [-0.3, -0.25) is 4.79 Å². The highest BCUT2D eigenvalue weighted by Gasteiger charge is 2.26. The van der Waals surface area contributed by atoms with E-state index < -0.39 is 12.0 Å². The van der Waals surface area contributed by atoms with Gasteiger partial charge in [0.05, 0.1) is 0 Å². The molecule has 1 aliphatic rings. The Kier molecular flexibility index (Phi) is 4.69. The van der Waals surface area contributed by atoms with Gasteiger partial charge in [0.2, 0.25) is 5.91 Å². The monoisotopic (exact) mass is 240 g/mol. The van der Waals surface area contributed by atoms with Gasteiger partial charge >= 0.3 is 5.97 Å². The van der Waals surface area contributed by atoms with Crippen LogP contribution >= 0.6 is 0 Å². The number of hydrogen-bond acceptors (Lipinski definition) is 3. The second-order valence-electron chi connectivity index (χ2n) is 4.51. The fourth-order valence-electron chi connectivity index (χ4n) is 1.61. The Bertz CT molecular complexity index is 344. The first kappa shape index (κ1) is 13.7. The maximum atomic E-state index is 11.9. The minimum absolute atomic E-state index is 0.0752. The van der Waals surface area contributed by atoms with Crippen LogP contribution in [0.5, 0.6) is 0 Å². The van der Waals surface area contributed by atoms with Crippen molar-refractivity contribution < 1.29 is 14.7 Å². The molecular formula is C12H20N2O3. The van der Waals surface area contributed by atoms with Crippen molar-refractivity contribution in [1.82, 2.24) is 10.6 Å². The average Bonchev–Trinajstić information content (AvgIpc) is 2.21. The van der Waals surface area contributed by atoms with Crippen molar-refractivity contribution >= 4 is 11.9 Å². The van der Waals surface area contributed by atoms with Crippen molar-refractivity contribution in [3.63, 3.8) is 0 Å². The van der Waals surface area contributed by atoms with Crippen molar-refractivity contribution in [2.24, 2.45) is 5.92 Å². The maximum absolute atomic E-state index is 11.9. The number of carboxylic acids is 1. The molecule has 1 amide bonds. The van der Waals surface area contributed by atoms with Crippen LogP contribution in [0.1, 0.15) is 27.2 Å². The molecule has 5 heteroatoms. The highest BCUT2D eigenvalue weighted by molar-refractivity contribution is 5.96. The molecule has 0 bridgehead atoms. The van der Waals surface area contributed by atoms with Gasteiger partial charge in [-0.1, -0.05) is 20.3 Å². The summed E-state index contributed by atoms with van der Waals surface area (Å²) in [6.45, 7) is 6.92. The zero-order valence-electron chi connectivity index (χ0n) is 10.5. The molecule has 0 aliphatic carbocycles. The lowest BCUT2D eigenvalue weighted by Gasteiger charge is -2.24. The van der Waals surface area contributed by atoms with E-state index in [9.17, 15) is 9.59 Å². The predicted molar refractivity (Wildman–Crippen MR) is 64.6 cm³/mol. The molecule has 3 N–H and O–H groups in total. The average molecular weight is 240 g/mol. The summed E-state index contributed by atoms with van der Waals surface area (Å²) in [4.78, 5) is 22.9. The lowest BCUT2D eigenvalue weighted by molar-refractivity contribution is -0.142. The van der Waals surface area contributed by atoms with Crippen LogP contribution < -0.4 is 10.6 Å². The minimum atomic E-state index is -0.975. The smallest absolute Gasteiger partial charge is 0.326 e. The number of amides is 1. The normalized spacial score (nSPS) is 17.9. The van der Waals surface area contributed by atoms with Crippen LogP contribution in [0.25, 0.3) is 0 Å². The molecule has 1 saturated heterocycles. The number of carbonyl (C=O) groups excluding carboxylic acids is 1. The van der Waals surface area contributed by atoms with E-state index in [1.165, 1.54) is 0 Å². The maximum Gasteiger partial charge on any atom is 0.326 e. The topological polar surface area (TPSA) is 78.4 Å². The molecule has 1 heterocycles. The third-order valence-corrected chi connectivity index (χ3v) is 3.31. The van der Waals surface area contributed by atoms with E-state index in [4.69, 9.17) is 5.11 Å². The summed E-state index contributed by atoms with van der Waals surface area (Å²) in [6.07, 6.45) is 0.717. The summed E-state index contributed by atoms with van der Waals surface area (Å²) in [5, 5.41) is 14.7. The molecule has 96 valence electrons. The molecule has 2 atom stereocenters. The number of carbonyl (C=O) groups is 2. The van der Waals surface area contributed by atoms with E-state index in [1.54, 1.807) is 6.92 Å². The first-order chi connectivity index (χ1) is 7.97. The standard InChI is InChI=1S/C12H20N2O3/c1-4-7(2)10(12(16)17)14-11(15)8(3)9-5-13-6-9/h7,10,13H,4-6H2,1-3H3,(H,14,15)(H,16,17). The summed E-state index contributed by atoms with van der Waals surface area (Å²) < 4.78 is 0. The second kappa shape index (κ2) is 5.82. The molecule has 1 rings (SSSR count).